The lowest BCUT2D eigenvalue weighted by molar-refractivity contribution is 0.105. The number of carbonyl (C=O) groups is 1. The fourth-order valence-corrected chi connectivity index (χ4v) is 2.64. The van der Waals surface area contributed by atoms with E-state index in [-0.39, 0.29) is 0 Å². The number of hydrogen-bond acceptors (Lipinski definition) is 3. The van der Waals surface area contributed by atoms with Crippen molar-refractivity contribution in [3.8, 4) is 5.75 Å². The van der Waals surface area contributed by atoms with Crippen LogP contribution in [-0.4, -0.2) is 12.8 Å². The fourth-order valence-electron chi connectivity index (χ4n) is 2.64. The van der Waals surface area contributed by atoms with Crippen molar-refractivity contribution in [1.29, 1.82) is 0 Å². The smallest absolute Gasteiger partial charge is 0.434 e. The molecule has 0 N–H and O–H groups in total. The minimum absolute atomic E-state index is 0.291. The molecule has 3 aromatic rings. The molecule has 22 heavy (non-hydrogen) atoms. The Kier molecular flexibility index (Phi) is 3.72. The molecule has 3 aromatic carbocycles. The van der Waals surface area contributed by atoms with Crippen LogP contribution in [0.25, 0.3) is 21.5 Å². The van der Waals surface area contributed by atoms with E-state index in [1.165, 1.54) is 5.56 Å². The summed E-state index contributed by atoms with van der Waals surface area (Å²) in [5.74, 6) is 0.564. The molecule has 0 atom stereocenters. The third kappa shape index (κ3) is 2.50. The van der Waals surface area contributed by atoms with Gasteiger partial charge in [-0.3, -0.25) is 0 Å². The Morgan fingerprint density at radius 2 is 1.68 bits per heavy atom. The molecule has 0 aliphatic rings. The quantitative estimate of drug-likeness (QED) is 0.373. The van der Waals surface area contributed by atoms with Crippen LogP contribution in [0.5, 0.6) is 5.75 Å². The van der Waals surface area contributed by atoms with Gasteiger partial charge in [-0.1, -0.05) is 30.3 Å². The van der Waals surface area contributed by atoms with Gasteiger partial charge < -0.3 is 9.47 Å². The Balaban J connectivity index is 2.31. The highest BCUT2D eigenvalue weighted by Crippen LogP contribution is 2.36. The van der Waals surface area contributed by atoms with Gasteiger partial charge in [-0.05, 0) is 54.8 Å². The molecule has 3 heteroatoms. The molecule has 0 spiro atoms. The molecule has 0 bridgehead atoms. The lowest BCUT2D eigenvalue weighted by atomic mass is 9.98. The molecule has 0 aromatic heterocycles. The number of benzene rings is 3. The monoisotopic (exact) mass is 294 g/mol. The number of fused-ring (bicyclic) bond motifs is 2. The maximum atomic E-state index is 11.8. The number of ether oxygens (including phenoxy) is 2. The summed E-state index contributed by atoms with van der Waals surface area (Å²) in [6, 6.07) is 14.2. The first-order valence-electron chi connectivity index (χ1n) is 7.37. The van der Waals surface area contributed by atoms with E-state index in [4.69, 9.17) is 9.47 Å². The lowest BCUT2D eigenvalue weighted by Crippen LogP contribution is -2.10. The van der Waals surface area contributed by atoms with Crippen LogP contribution in [0.15, 0.2) is 42.5 Å². The first kappa shape index (κ1) is 14.4. The zero-order valence-electron chi connectivity index (χ0n) is 13.0. The molecule has 0 saturated heterocycles. The molecule has 0 radical (unpaired) electrons. The molecule has 0 fully saturated rings. The maximum Gasteiger partial charge on any atom is 0.513 e. The Morgan fingerprint density at radius 3 is 2.45 bits per heavy atom. The van der Waals surface area contributed by atoms with Crippen LogP contribution < -0.4 is 4.74 Å². The number of hydrogen-bond donors (Lipinski definition) is 0. The van der Waals surface area contributed by atoms with Crippen molar-refractivity contribution >= 4 is 27.7 Å². The molecule has 0 aliphatic carbocycles. The first-order valence-corrected chi connectivity index (χ1v) is 7.37. The number of rotatable bonds is 2. The molecule has 0 aliphatic heterocycles. The summed E-state index contributed by atoms with van der Waals surface area (Å²) >= 11 is 0. The molecule has 3 rings (SSSR count). The Labute approximate surface area is 129 Å². The fraction of sp³-hybridized carbons (Fsp3) is 0.211. The highest BCUT2D eigenvalue weighted by molar-refractivity contribution is 6.06. The van der Waals surface area contributed by atoms with Gasteiger partial charge >= 0.3 is 6.16 Å². The Morgan fingerprint density at radius 1 is 0.955 bits per heavy atom. The van der Waals surface area contributed by atoms with E-state index in [1.807, 2.05) is 24.3 Å². The molecule has 3 nitrogen and oxygen atoms in total. The average molecular weight is 294 g/mol. The van der Waals surface area contributed by atoms with Crippen molar-refractivity contribution in [3.63, 3.8) is 0 Å². The summed E-state index contributed by atoms with van der Waals surface area (Å²) < 4.78 is 10.5. The minimum Gasteiger partial charge on any atom is -0.434 e. The molecular weight excluding hydrogens is 276 g/mol. The minimum atomic E-state index is -0.668. The van der Waals surface area contributed by atoms with Gasteiger partial charge in [0.25, 0.3) is 0 Å². The predicted molar refractivity (Wildman–Crippen MR) is 88.6 cm³/mol. The van der Waals surface area contributed by atoms with Gasteiger partial charge in [-0.15, -0.1) is 0 Å². The number of aryl methyl sites for hydroxylation is 2. The van der Waals surface area contributed by atoms with Gasteiger partial charge in [0.15, 0.2) is 0 Å². The van der Waals surface area contributed by atoms with Crippen LogP contribution in [0, 0.1) is 13.8 Å². The summed E-state index contributed by atoms with van der Waals surface area (Å²) in [5.41, 5.74) is 2.38. The van der Waals surface area contributed by atoms with E-state index >= 15 is 0 Å². The van der Waals surface area contributed by atoms with E-state index in [1.54, 1.807) is 6.92 Å². The van der Waals surface area contributed by atoms with Crippen LogP contribution in [0.4, 0.5) is 4.79 Å². The van der Waals surface area contributed by atoms with Gasteiger partial charge in [0, 0.05) is 10.8 Å². The topological polar surface area (TPSA) is 35.5 Å². The zero-order valence-corrected chi connectivity index (χ0v) is 13.0. The SMILES string of the molecule is CCOC(=O)Oc1c2ccccc2cc2cc(C)c(C)cc12. The summed E-state index contributed by atoms with van der Waals surface area (Å²) in [6.45, 7) is 6.18. The van der Waals surface area contributed by atoms with Crippen molar-refractivity contribution in [2.24, 2.45) is 0 Å². The van der Waals surface area contributed by atoms with Crippen molar-refractivity contribution in [3.05, 3.63) is 53.6 Å². The average Bonchev–Trinajstić information content (AvgIpc) is 2.49. The van der Waals surface area contributed by atoms with E-state index in [0.29, 0.717) is 12.4 Å². The second kappa shape index (κ2) is 5.68. The van der Waals surface area contributed by atoms with E-state index < -0.39 is 6.16 Å². The molecule has 112 valence electrons. The Hall–Kier alpha value is -2.55. The Bertz CT molecular complexity index is 865. The van der Waals surface area contributed by atoms with Gasteiger partial charge in [0.05, 0.1) is 6.61 Å². The second-order valence-electron chi connectivity index (χ2n) is 5.37. The van der Waals surface area contributed by atoms with Gasteiger partial charge in [-0.2, -0.15) is 0 Å². The highest BCUT2D eigenvalue weighted by Gasteiger charge is 2.14. The molecule has 0 saturated carbocycles. The van der Waals surface area contributed by atoms with Crippen molar-refractivity contribution < 1.29 is 14.3 Å². The molecular formula is C19H18O3. The van der Waals surface area contributed by atoms with Crippen LogP contribution in [0.3, 0.4) is 0 Å². The van der Waals surface area contributed by atoms with Crippen LogP contribution in [0.2, 0.25) is 0 Å². The standard InChI is InChI=1S/C19H18O3/c1-4-21-19(20)22-18-16-8-6-5-7-14(16)11-15-9-12(2)13(3)10-17(15)18/h5-11H,4H2,1-3H3. The van der Waals surface area contributed by atoms with Crippen molar-refractivity contribution in [1.82, 2.24) is 0 Å². The number of carbonyl (C=O) groups excluding carboxylic acids is 1. The summed E-state index contributed by atoms with van der Waals surface area (Å²) in [7, 11) is 0. The predicted octanol–water partition coefficient (Wildman–Crippen LogP) is 5.15. The van der Waals surface area contributed by atoms with Gasteiger partial charge in [0.1, 0.15) is 5.75 Å². The summed E-state index contributed by atoms with van der Waals surface area (Å²) in [5, 5.41) is 3.93. The molecule has 0 unspecified atom stereocenters. The summed E-state index contributed by atoms with van der Waals surface area (Å²) in [6.07, 6.45) is -0.668. The molecule has 0 amide bonds. The van der Waals surface area contributed by atoms with Gasteiger partial charge in [-0.25, -0.2) is 4.79 Å². The van der Waals surface area contributed by atoms with Crippen LogP contribution in [0.1, 0.15) is 18.1 Å². The molecule has 0 heterocycles. The van der Waals surface area contributed by atoms with Crippen molar-refractivity contribution in [2.75, 3.05) is 6.61 Å². The van der Waals surface area contributed by atoms with Gasteiger partial charge in [0.2, 0.25) is 0 Å². The first-order chi connectivity index (χ1) is 10.6. The highest BCUT2D eigenvalue weighted by atomic mass is 16.7. The second-order valence-corrected chi connectivity index (χ2v) is 5.37. The van der Waals surface area contributed by atoms with Crippen LogP contribution >= 0.6 is 0 Å². The van der Waals surface area contributed by atoms with E-state index in [0.717, 1.165) is 27.1 Å². The normalized spacial score (nSPS) is 10.9. The van der Waals surface area contributed by atoms with Crippen LogP contribution in [-0.2, 0) is 4.74 Å². The summed E-state index contributed by atoms with van der Waals surface area (Å²) in [4.78, 5) is 11.8. The van der Waals surface area contributed by atoms with E-state index in [2.05, 4.69) is 32.0 Å². The van der Waals surface area contributed by atoms with E-state index in [9.17, 15) is 4.79 Å². The third-order valence-corrected chi connectivity index (χ3v) is 3.87. The third-order valence-electron chi connectivity index (χ3n) is 3.87. The largest absolute Gasteiger partial charge is 0.513 e. The van der Waals surface area contributed by atoms with Crippen molar-refractivity contribution in [2.45, 2.75) is 20.8 Å². The maximum absolute atomic E-state index is 11.8. The zero-order chi connectivity index (χ0) is 15.7. The lowest BCUT2D eigenvalue weighted by Gasteiger charge is -2.13.